The summed E-state index contributed by atoms with van der Waals surface area (Å²) in [6, 6.07) is 10.8. The van der Waals surface area contributed by atoms with Gasteiger partial charge in [0.2, 0.25) is 0 Å². The second-order valence-corrected chi connectivity index (χ2v) is 5.90. The summed E-state index contributed by atoms with van der Waals surface area (Å²) in [7, 11) is 2.20. The van der Waals surface area contributed by atoms with E-state index in [1.807, 2.05) is 25.1 Å². The zero-order valence-electron chi connectivity index (χ0n) is 12.7. The van der Waals surface area contributed by atoms with Gasteiger partial charge in [-0.2, -0.15) is 0 Å². The Morgan fingerprint density at radius 2 is 1.60 bits per heavy atom. The molecule has 0 N–H and O–H groups in total. The lowest BCUT2D eigenvalue weighted by atomic mass is 10.00. The van der Waals surface area contributed by atoms with Gasteiger partial charge in [0.1, 0.15) is 5.82 Å². The third-order valence-corrected chi connectivity index (χ3v) is 4.10. The number of nitrogens with zero attached hydrogens (tertiary/aromatic N) is 1. The van der Waals surface area contributed by atoms with Crippen LogP contribution < -0.4 is 0 Å². The first kappa shape index (κ1) is 15.0. The first-order valence-corrected chi connectivity index (χ1v) is 7.40. The molecule has 0 atom stereocenters. The van der Waals surface area contributed by atoms with Crippen LogP contribution in [-0.4, -0.2) is 25.0 Å². The van der Waals surface area contributed by atoms with Gasteiger partial charge < -0.3 is 4.90 Å². The fourth-order valence-corrected chi connectivity index (χ4v) is 2.55. The largest absolute Gasteiger partial charge is 0.306 e. The third kappa shape index (κ3) is 3.80. The minimum absolute atomic E-state index is 0.142. The number of rotatable bonds is 0. The minimum atomic E-state index is -0.142. The zero-order chi connectivity index (χ0) is 14.5. The maximum atomic E-state index is 13.2. The highest BCUT2D eigenvalue weighted by atomic mass is 19.1. The molecule has 20 heavy (non-hydrogen) atoms. The van der Waals surface area contributed by atoms with Crippen molar-refractivity contribution in [2.45, 2.75) is 26.7 Å². The van der Waals surface area contributed by atoms with Gasteiger partial charge in [-0.05, 0) is 62.8 Å². The number of benzene rings is 2. The Balaban J connectivity index is 0.000000160. The van der Waals surface area contributed by atoms with Gasteiger partial charge in [-0.1, -0.05) is 37.3 Å². The van der Waals surface area contributed by atoms with Crippen molar-refractivity contribution in [3.63, 3.8) is 0 Å². The summed E-state index contributed by atoms with van der Waals surface area (Å²) in [5.41, 5.74) is 1.12. The Hall–Kier alpha value is -1.41. The molecule has 1 fully saturated rings. The zero-order valence-corrected chi connectivity index (χ0v) is 12.7. The van der Waals surface area contributed by atoms with Crippen molar-refractivity contribution in [3.8, 4) is 0 Å². The number of likely N-dealkylation sites (tertiary alicyclic amines) is 1. The normalized spacial score (nSPS) is 16.8. The van der Waals surface area contributed by atoms with Crippen molar-refractivity contribution < 1.29 is 4.39 Å². The highest BCUT2D eigenvalue weighted by Gasteiger charge is 2.10. The molecule has 0 aromatic heterocycles. The Morgan fingerprint density at radius 1 is 1.00 bits per heavy atom. The lowest BCUT2D eigenvalue weighted by molar-refractivity contribution is 0.230. The molecule has 0 saturated carbocycles. The van der Waals surface area contributed by atoms with Crippen molar-refractivity contribution in [2.24, 2.45) is 5.92 Å². The van der Waals surface area contributed by atoms with Gasteiger partial charge in [0, 0.05) is 5.39 Å². The highest BCUT2D eigenvalue weighted by molar-refractivity contribution is 5.85. The summed E-state index contributed by atoms with van der Waals surface area (Å²) in [4.78, 5) is 2.40. The van der Waals surface area contributed by atoms with Crippen molar-refractivity contribution >= 4 is 10.8 Å². The summed E-state index contributed by atoms with van der Waals surface area (Å²) in [6.07, 6.45) is 2.80. The molecular weight excluding hydrogens is 249 g/mol. The van der Waals surface area contributed by atoms with Gasteiger partial charge in [-0.3, -0.25) is 0 Å². The smallest absolute Gasteiger partial charge is 0.131 e. The van der Waals surface area contributed by atoms with E-state index >= 15 is 0 Å². The topological polar surface area (TPSA) is 3.24 Å². The van der Waals surface area contributed by atoms with Crippen LogP contribution in [-0.2, 0) is 0 Å². The lowest BCUT2D eigenvalue weighted by Gasteiger charge is -2.26. The fraction of sp³-hybridized carbons (Fsp3) is 0.444. The average molecular weight is 273 g/mol. The number of fused-ring (bicyclic) bond motifs is 1. The quantitative estimate of drug-likeness (QED) is 0.676. The van der Waals surface area contributed by atoms with E-state index in [9.17, 15) is 4.39 Å². The summed E-state index contributed by atoms with van der Waals surface area (Å²) in [6.45, 7) is 6.94. The van der Waals surface area contributed by atoms with Crippen molar-refractivity contribution in [1.29, 1.82) is 0 Å². The average Bonchev–Trinajstić information content (AvgIpc) is 2.47. The molecular formula is C18H24FN. The summed E-state index contributed by atoms with van der Waals surface area (Å²) in [5.74, 6) is 0.836. The van der Waals surface area contributed by atoms with E-state index in [1.54, 1.807) is 12.1 Å². The SMILES string of the molecule is CC1CCN(C)CC1.Cc1ccc(F)c2ccccc12. The molecule has 1 nitrogen and oxygen atoms in total. The van der Waals surface area contributed by atoms with E-state index in [2.05, 4.69) is 18.9 Å². The predicted molar refractivity (Wildman–Crippen MR) is 84.5 cm³/mol. The van der Waals surface area contributed by atoms with E-state index < -0.39 is 0 Å². The van der Waals surface area contributed by atoms with E-state index in [1.165, 1.54) is 32.0 Å². The molecule has 1 aliphatic rings. The second-order valence-electron chi connectivity index (χ2n) is 5.90. The Kier molecular flexibility index (Phi) is 5.13. The third-order valence-electron chi connectivity index (χ3n) is 4.10. The molecule has 1 aliphatic heterocycles. The Bertz CT molecular complexity index is 506. The standard InChI is InChI=1S/C11H9F.C7H15N/c1-8-6-7-11(12)10-5-3-2-4-9(8)10;1-7-3-5-8(2)6-4-7/h2-7H,1H3;7H,3-6H2,1-2H3. The van der Waals surface area contributed by atoms with Crippen LogP contribution in [0.25, 0.3) is 10.8 Å². The van der Waals surface area contributed by atoms with Gasteiger partial charge in [-0.25, -0.2) is 4.39 Å². The molecule has 0 amide bonds. The van der Waals surface area contributed by atoms with Crippen LogP contribution in [0.4, 0.5) is 4.39 Å². The van der Waals surface area contributed by atoms with Gasteiger partial charge >= 0.3 is 0 Å². The fourth-order valence-electron chi connectivity index (χ4n) is 2.55. The number of piperidine rings is 1. The van der Waals surface area contributed by atoms with Crippen LogP contribution in [0, 0.1) is 18.7 Å². The number of aryl methyl sites for hydroxylation is 1. The summed E-state index contributed by atoms with van der Waals surface area (Å²) < 4.78 is 13.2. The first-order valence-electron chi connectivity index (χ1n) is 7.40. The molecule has 0 spiro atoms. The van der Waals surface area contributed by atoms with E-state index in [-0.39, 0.29) is 5.82 Å². The molecule has 2 aromatic carbocycles. The van der Waals surface area contributed by atoms with Crippen LogP contribution in [0.5, 0.6) is 0 Å². The summed E-state index contributed by atoms with van der Waals surface area (Å²) >= 11 is 0. The van der Waals surface area contributed by atoms with Crippen LogP contribution in [0.15, 0.2) is 36.4 Å². The summed E-state index contributed by atoms with van der Waals surface area (Å²) in [5, 5.41) is 1.70. The van der Waals surface area contributed by atoms with Crippen LogP contribution >= 0.6 is 0 Å². The minimum Gasteiger partial charge on any atom is -0.306 e. The second kappa shape index (κ2) is 6.85. The lowest BCUT2D eigenvalue weighted by Crippen LogP contribution is -2.28. The Labute approximate surface area is 121 Å². The van der Waals surface area contributed by atoms with Gasteiger partial charge in [0.25, 0.3) is 0 Å². The molecule has 108 valence electrons. The molecule has 0 radical (unpaired) electrons. The number of hydrogen-bond donors (Lipinski definition) is 0. The molecule has 0 bridgehead atoms. The molecule has 1 saturated heterocycles. The molecule has 0 aliphatic carbocycles. The van der Waals surface area contributed by atoms with E-state index in [0.717, 1.165) is 16.9 Å². The number of halogens is 1. The van der Waals surface area contributed by atoms with Gasteiger partial charge in [0.05, 0.1) is 0 Å². The van der Waals surface area contributed by atoms with Crippen LogP contribution in [0.2, 0.25) is 0 Å². The van der Waals surface area contributed by atoms with Gasteiger partial charge in [-0.15, -0.1) is 0 Å². The van der Waals surface area contributed by atoms with E-state index in [4.69, 9.17) is 0 Å². The highest BCUT2D eigenvalue weighted by Crippen LogP contribution is 2.20. The maximum Gasteiger partial charge on any atom is 0.131 e. The maximum absolute atomic E-state index is 13.2. The van der Waals surface area contributed by atoms with E-state index in [0.29, 0.717) is 5.39 Å². The first-order chi connectivity index (χ1) is 9.58. The van der Waals surface area contributed by atoms with Crippen LogP contribution in [0.1, 0.15) is 25.3 Å². The Morgan fingerprint density at radius 3 is 2.15 bits per heavy atom. The molecule has 3 rings (SSSR count). The van der Waals surface area contributed by atoms with Crippen molar-refractivity contribution in [1.82, 2.24) is 4.90 Å². The van der Waals surface area contributed by atoms with Crippen molar-refractivity contribution in [3.05, 3.63) is 47.8 Å². The molecule has 2 aromatic rings. The van der Waals surface area contributed by atoms with Gasteiger partial charge in [0.15, 0.2) is 0 Å². The molecule has 2 heteroatoms. The monoisotopic (exact) mass is 273 g/mol. The number of hydrogen-bond acceptors (Lipinski definition) is 1. The predicted octanol–water partition coefficient (Wildman–Crippen LogP) is 4.64. The molecule has 0 unspecified atom stereocenters. The van der Waals surface area contributed by atoms with Crippen molar-refractivity contribution in [2.75, 3.05) is 20.1 Å². The van der Waals surface area contributed by atoms with Crippen LogP contribution in [0.3, 0.4) is 0 Å². The molecule has 1 heterocycles.